The van der Waals surface area contributed by atoms with Crippen LogP contribution in [0.15, 0.2) is 66.7 Å². The first-order valence-electron chi connectivity index (χ1n) is 11.2. The van der Waals surface area contributed by atoms with Gasteiger partial charge in [0.1, 0.15) is 6.61 Å². The van der Waals surface area contributed by atoms with E-state index in [9.17, 15) is 14.4 Å². The minimum atomic E-state index is -1.13. The molecule has 0 spiro atoms. The Labute approximate surface area is 208 Å². The number of carboxylic acids is 1. The fourth-order valence-corrected chi connectivity index (χ4v) is 4.34. The second-order valence-corrected chi connectivity index (χ2v) is 8.94. The Hall–Kier alpha value is -3.84. The lowest BCUT2D eigenvalue weighted by atomic mass is 9.98. The number of amides is 2. The minimum absolute atomic E-state index is 0.00200. The molecule has 2 amide bonds. The maximum absolute atomic E-state index is 12.7. The highest BCUT2D eigenvalue weighted by Gasteiger charge is 2.30. The zero-order chi connectivity index (χ0) is 25.1. The van der Waals surface area contributed by atoms with Gasteiger partial charge in [0.25, 0.3) is 0 Å². The van der Waals surface area contributed by atoms with E-state index in [4.69, 9.17) is 21.4 Å². The molecule has 0 heterocycles. The Bertz CT molecular complexity index is 1250. The number of carbonyl (C=O) groups is 3. The van der Waals surface area contributed by atoms with Crippen LogP contribution >= 0.6 is 11.6 Å². The highest BCUT2D eigenvalue weighted by Crippen LogP contribution is 2.44. The van der Waals surface area contributed by atoms with E-state index in [2.05, 4.69) is 22.8 Å². The summed E-state index contributed by atoms with van der Waals surface area (Å²) in [6, 6.07) is 19.6. The van der Waals surface area contributed by atoms with E-state index < -0.39 is 29.9 Å². The average molecular weight is 493 g/mol. The molecule has 0 saturated carbocycles. The Morgan fingerprint density at radius 2 is 1.57 bits per heavy atom. The summed E-state index contributed by atoms with van der Waals surface area (Å²) in [6.45, 7) is 3.52. The van der Waals surface area contributed by atoms with Gasteiger partial charge in [-0.2, -0.15) is 0 Å². The largest absolute Gasteiger partial charge is 0.478 e. The molecule has 3 aromatic rings. The molecule has 0 radical (unpaired) electrons. The van der Waals surface area contributed by atoms with Crippen LogP contribution in [0.5, 0.6) is 0 Å². The topological polar surface area (TPSA) is 105 Å². The third-order valence-electron chi connectivity index (χ3n) is 6.32. The molecule has 2 unspecified atom stereocenters. The second-order valence-electron chi connectivity index (χ2n) is 8.54. The molecule has 0 aromatic heterocycles. The van der Waals surface area contributed by atoms with Crippen LogP contribution in [0.2, 0.25) is 5.02 Å². The molecule has 3 N–H and O–H groups in total. The highest BCUT2D eigenvalue weighted by atomic mass is 35.5. The number of hydrogen-bond acceptors (Lipinski definition) is 4. The number of aromatic carboxylic acids is 1. The number of hydrogen-bond donors (Lipinski definition) is 3. The maximum Gasteiger partial charge on any atom is 0.407 e. The van der Waals surface area contributed by atoms with Crippen molar-refractivity contribution in [1.82, 2.24) is 5.32 Å². The first-order valence-corrected chi connectivity index (χ1v) is 11.6. The van der Waals surface area contributed by atoms with Crippen molar-refractivity contribution >= 4 is 35.3 Å². The first-order chi connectivity index (χ1) is 16.8. The zero-order valence-electron chi connectivity index (χ0n) is 19.2. The van der Waals surface area contributed by atoms with Crippen molar-refractivity contribution in [1.29, 1.82) is 0 Å². The average Bonchev–Trinajstić information content (AvgIpc) is 3.17. The van der Waals surface area contributed by atoms with Crippen molar-refractivity contribution < 1.29 is 24.2 Å². The molecule has 2 atom stereocenters. The van der Waals surface area contributed by atoms with Crippen LogP contribution in [-0.4, -0.2) is 35.7 Å². The van der Waals surface area contributed by atoms with Gasteiger partial charge in [0.05, 0.1) is 22.2 Å². The number of carboxylic acid groups (broad SMARTS) is 1. The van der Waals surface area contributed by atoms with E-state index in [0.717, 1.165) is 22.3 Å². The summed E-state index contributed by atoms with van der Waals surface area (Å²) in [5.41, 5.74) is 4.70. The Balaban J connectivity index is 1.35. The number of rotatable bonds is 7. The molecular weight excluding hydrogens is 468 g/mol. The van der Waals surface area contributed by atoms with E-state index >= 15 is 0 Å². The van der Waals surface area contributed by atoms with Gasteiger partial charge in [-0.3, -0.25) is 4.79 Å². The van der Waals surface area contributed by atoms with Gasteiger partial charge in [-0.1, -0.05) is 67.1 Å². The van der Waals surface area contributed by atoms with E-state index in [-0.39, 0.29) is 28.8 Å². The third-order valence-corrected chi connectivity index (χ3v) is 6.65. The fraction of sp³-hybridized carbons (Fsp3) is 0.222. The lowest BCUT2D eigenvalue weighted by Gasteiger charge is -2.22. The monoisotopic (exact) mass is 492 g/mol. The molecule has 0 aliphatic heterocycles. The molecule has 0 fully saturated rings. The highest BCUT2D eigenvalue weighted by molar-refractivity contribution is 6.33. The molecule has 1 aliphatic rings. The van der Waals surface area contributed by atoms with Crippen LogP contribution in [0.3, 0.4) is 0 Å². The van der Waals surface area contributed by atoms with Crippen LogP contribution in [-0.2, 0) is 9.53 Å². The number of alkyl carbamates (subject to hydrolysis) is 1. The van der Waals surface area contributed by atoms with Crippen molar-refractivity contribution in [2.75, 3.05) is 11.9 Å². The zero-order valence-corrected chi connectivity index (χ0v) is 20.0. The number of ether oxygens (including phenoxy) is 1. The Morgan fingerprint density at radius 1 is 0.971 bits per heavy atom. The van der Waals surface area contributed by atoms with Gasteiger partial charge in [0.2, 0.25) is 5.91 Å². The summed E-state index contributed by atoms with van der Waals surface area (Å²) in [6.07, 6.45) is -0.620. The number of carbonyl (C=O) groups excluding carboxylic acids is 2. The van der Waals surface area contributed by atoms with Crippen molar-refractivity contribution in [2.24, 2.45) is 5.92 Å². The molecule has 0 saturated heterocycles. The lowest BCUT2D eigenvalue weighted by Crippen LogP contribution is -2.42. The number of anilines is 1. The molecule has 4 rings (SSSR count). The van der Waals surface area contributed by atoms with Gasteiger partial charge in [-0.15, -0.1) is 0 Å². The van der Waals surface area contributed by atoms with E-state index in [0.29, 0.717) is 0 Å². The van der Waals surface area contributed by atoms with Crippen LogP contribution in [0.4, 0.5) is 10.5 Å². The van der Waals surface area contributed by atoms with Gasteiger partial charge in [0, 0.05) is 12.0 Å². The molecule has 1 aliphatic carbocycles. The molecule has 0 bridgehead atoms. The predicted octanol–water partition coefficient (Wildman–Crippen LogP) is 5.54. The summed E-state index contributed by atoms with van der Waals surface area (Å²) in [7, 11) is 0. The molecule has 7 nitrogen and oxygen atoms in total. The summed E-state index contributed by atoms with van der Waals surface area (Å²) < 4.78 is 5.55. The Kier molecular flexibility index (Phi) is 7.07. The van der Waals surface area contributed by atoms with Gasteiger partial charge in [-0.05, 0) is 47.4 Å². The van der Waals surface area contributed by atoms with Gasteiger partial charge in [-0.25, -0.2) is 9.59 Å². The molecule has 3 aromatic carbocycles. The number of fused-ring (bicyclic) bond motifs is 3. The molecule has 35 heavy (non-hydrogen) atoms. The van der Waals surface area contributed by atoms with E-state index in [1.165, 1.54) is 18.2 Å². The van der Waals surface area contributed by atoms with Crippen molar-refractivity contribution in [3.8, 4) is 11.1 Å². The Morgan fingerprint density at radius 3 is 2.17 bits per heavy atom. The van der Waals surface area contributed by atoms with Crippen LogP contribution in [0, 0.1) is 5.92 Å². The predicted molar refractivity (Wildman–Crippen MR) is 134 cm³/mol. The van der Waals surface area contributed by atoms with Crippen LogP contribution < -0.4 is 10.6 Å². The van der Waals surface area contributed by atoms with Crippen LogP contribution in [0.1, 0.15) is 41.3 Å². The normalized spacial score (nSPS) is 13.8. The summed E-state index contributed by atoms with van der Waals surface area (Å²) in [5.74, 6) is -2.25. The quantitative estimate of drug-likeness (QED) is 0.401. The number of nitrogens with one attached hydrogen (secondary N) is 2. The molecule has 180 valence electrons. The second kappa shape index (κ2) is 10.2. The van der Waals surface area contributed by atoms with Crippen molar-refractivity contribution in [3.05, 3.63) is 88.4 Å². The van der Waals surface area contributed by atoms with E-state index in [1.54, 1.807) is 13.8 Å². The SMILES string of the molecule is CC(NC(=O)OCC1c2ccccc2-c2ccccc21)C(C)C(=O)Nc1cc(C(=O)O)ccc1Cl. The van der Waals surface area contributed by atoms with Gasteiger partial charge < -0.3 is 20.5 Å². The summed E-state index contributed by atoms with van der Waals surface area (Å²) in [4.78, 5) is 36.4. The summed E-state index contributed by atoms with van der Waals surface area (Å²) in [5, 5.41) is 14.7. The van der Waals surface area contributed by atoms with Gasteiger partial charge >= 0.3 is 12.1 Å². The minimum Gasteiger partial charge on any atom is -0.478 e. The lowest BCUT2D eigenvalue weighted by molar-refractivity contribution is -0.120. The van der Waals surface area contributed by atoms with Gasteiger partial charge in [0.15, 0.2) is 0 Å². The maximum atomic E-state index is 12.7. The fourth-order valence-electron chi connectivity index (χ4n) is 4.18. The smallest absolute Gasteiger partial charge is 0.407 e. The molecule has 8 heteroatoms. The number of halogens is 1. The van der Waals surface area contributed by atoms with Crippen molar-refractivity contribution in [2.45, 2.75) is 25.8 Å². The van der Waals surface area contributed by atoms with Crippen LogP contribution in [0.25, 0.3) is 11.1 Å². The number of benzene rings is 3. The summed E-state index contributed by atoms with van der Waals surface area (Å²) >= 11 is 6.09. The van der Waals surface area contributed by atoms with Crippen molar-refractivity contribution in [3.63, 3.8) is 0 Å². The van der Waals surface area contributed by atoms with E-state index in [1.807, 2.05) is 36.4 Å². The first kappa shape index (κ1) is 24.3. The third kappa shape index (κ3) is 5.15. The molecular formula is C27H25ClN2O5. The standard InChI is InChI=1S/C27H25ClN2O5/c1-15(25(31)30-24-13-17(26(32)33)11-12-23(24)28)16(2)29-27(34)35-14-22-20-9-5-3-7-18(20)19-8-4-6-10-21(19)22/h3-13,15-16,22H,14H2,1-2H3,(H,29,34)(H,30,31)(H,32,33).